The first-order chi connectivity index (χ1) is 15.5. The third-order valence-electron chi connectivity index (χ3n) is 5.48. The molecule has 2 heterocycles. The summed E-state index contributed by atoms with van der Waals surface area (Å²) in [4.78, 5) is 21.8. The first-order valence-electron chi connectivity index (χ1n) is 10.3. The third kappa shape index (κ3) is 4.55. The highest BCUT2D eigenvalue weighted by Gasteiger charge is 2.26. The zero-order chi connectivity index (χ0) is 22.7. The van der Waals surface area contributed by atoms with E-state index in [0.717, 1.165) is 38.1 Å². The topological polar surface area (TPSA) is 89.4 Å². The zero-order valence-corrected chi connectivity index (χ0v) is 18.9. The van der Waals surface area contributed by atoms with Gasteiger partial charge in [0.15, 0.2) is 5.13 Å². The Morgan fingerprint density at radius 2 is 1.69 bits per heavy atom. The van der Waals surface area contributed by atoms with E-state index in [1.165, 1.54) is 7.05 Å². The normalized spacial score (nSPS) is 13.9. The molecule has 0 aliphatic carbocycles. The van der Waals surface area contributed by atoms with Gasteiger partial charge in [0.05, 0.1) is 24.3 Å². The van der Waals surface area contributed by atoms with Crippen molar-refractivity contribution < 1.29 is 19.8 Å². The maximum absolute atomic E-state index is 12.0. The number of thiazole rings is 1. The number of aliphatic hydroxyl groups is 1. The van der Waals surface area contributed by atoms with Crippen molar-refractivity contribution in [2.75, 3.05) is 45.2 Å². The average Bonchev–Trinajstić information content (AvgIpc) is 3.29. The fourth-order valence-electron chi connectivity index (χ4n) is 3.64. The van der Waals surface area contributed by atoms with Gasteiger partial charge in [0.25, 0.3) is 0 Å². The molecular weight excluding hydrogens is 428 g/mol. The Balaban J connectivity index is 1.65. The van der Waals surface area contributed by atoms with Crippen molar-refractivity contribution in [3.8, 4) is 27.4 Å². The number of nitrogens with zero attached hydrogens (tertiary/aromatic N) is 4. The molecule has 8 nitrogen and oxygen atoms in total. The van der Waals surface area contributed by atoms with E-state index in [1.54, 1.807) is 23.3 Å². The van der Waals surface area contributed by atoms with E-state index >= 15 is 0 Å². The summed E-state index contributed by atoms with van der Waals surface area (Å²) >= 11 is 1.61. The standard InChI is InChI=1S/C23H26N4O4S/c1-25(30)23(29)27-13-11-26(12-14-27)22-24-20(17-7-9-19(31-2)10-8-17)21(32-22)18-5-3-16(15-28)4-6-18/h3-10,28,30H,11-15H2,1-2H3. The number of rotatable bonds is 5. The van der Waals surface area contributed by atoms with Gasteiger partial charge in [-0.1, -0.05) is 35.6 Å². The molecule has 1 fully saturated rings. The van der Waals surface area contributed by atoms with Crippen molar-refractivity contribution in [2.24, 2.45) is 0 Å². The van der Waals surface area contributed by atoms with Crippen LogP contribution < -0.4 is 9.64 Å². The number of carbonyl (C=O) groups excluding carboxylic acids is 1. The van der Waals surface area contributed by atoms with Crippen LogP contribution in [0, 0.1) is 0 Å². The summed E-state index contributed by atoms with van der Waals surface area (Å²) < 4.78 is 5.29. The minimum Gasteiger partial charge on any atom is -0.497 e. The number of amides is 2. The highest BCUT2D eigenvalue weighted by atomic mass is 32.1. The van der Waals surface area contributed by atoms with E-state index in [1.807, 2.05) is 48.5 Å². The second-order valence-electron chi connectivity index (χ2n) is 7.54. The Hall–Kier alpha value is -3.14. The van der Waals surface area contributed by atoms with E-state index in [9.17, 15) is 15.1 Å². The van der Waals surface area contributed by atoms with E-state index in [0.29, 0.717) is 31.2 Å². The van der Waals surface area contributed by atoms with Crippen LogP contribution in [0.25, 0.3) is 21.7 Å². The van der Waals surface area contributed by atoms with Crippen LogP contribution >= 0.6 is 11.3 Å². The number of benzene rings is 2. The number of carbonyl (C=O) groups is 1. The Bertz CT molecular complexity index is 994. The Labute approximate surface area is 190 Å². The first-order valence-corrected chi connectivity index (χ1v) is 11.1. The van der Waals surface area contributed by atoms with Crippen molar-refractivity contribution >= 4 is 22.5 Å². The Morgan fingerprint density at radius 3 is 2.25 bits per heavy atom. The predicted molar refractivity (Wildman–Crippen MR) is 124 cm³/mol. The van der Waals surface area contributed by atoms with Crippen molar-refractivity contribution in [1.82, 2.24) is 14.9 Å². The number of urea groups is 1. The molecule has 1 aromatic heterocycles. The van der Waals surface area contributed by atoms with E-state index in [2.05, 4.69) is 4.90 Å². The summed E-state index contributed by atoms with van der Waals surface area (Å²) in [7, 11) is 2.98. The summed E-state index contributed by atoms with van der Waals surface area (Å²) in [5.41, 5.74) is 3.77. The highest BCUT2D eigenvalue weighted by Crippen LogP contribution is 2.41. The van der Waals surface area contributed by atoms with Gasteiger partial charge >= 0.3 is 6.03 Å². The lowest BCUT2D eigenvalue weighted by molar-refractivity contribution is -0.0339. The molecule has 0 bridgehead atoms. The quantitative estimate of drug-likeness (QED) is 0.453. The first kappa shape index (κ1) is 22.1. The average molecular weight is 455 g/mol. The van der Waals surface area contributed by atoms with Crippen LogP contribution in [0.3, 0.4) is 0 Å². The number of piperazine rings is 1. The number of hydrogen-bond acceptors (Lipinski definition) is 7. The molecule has 2 N–H and O–H groups in total. The lowest BCUT2D eigenvalue weighted by Crippen LogP contribution is -2.51. The van der Waals surface area contributed by atoms with Gasteiger partial charge in [-0.15, -0.1) is 0 Å². The second kappa shape index (κ2) is 9.56. The van der Waals surface area contributed by atoms with Crippen LogP contribution in [-0.2, 0) is 6.61 Å². The minimum atomic E-state index is -0.396. The van der Waals surface area contributed by atoms with Gasteiger partial charge in [-0.3, -0.25) is 5.21 Å². The summed E-state index contributed by atoms with van der Waals surface area (Å²) in [5.74, 6) is 0.785. The van der Waals surface area contributed by atoms with Crippen molar-refractivity contribution in [3.63, 3.8) is 0 Å². The number of aromatic nitrogens is 1. The molecule has 2 amide bonds. The van der Waals surface area contributed by atoms with Crippen LogP contribution in [-0.4, -0.2) is 71.6 Å². The lowest BCUT2D eigenvalue weighted by atomic mass is 10.1. The van der Waals surface area contributed by atoms with Crippen molar-refractivity contribution in [3.05, 3.63) is 54.1 Å². The second-order valence-corrected chi connectivity index (χ2v) is 8.52. The molecule has 4 rings (SSSR count). The van der Waals surface area contributed by atoms with Crippen LogP contribution in [0.15, 0.2) is 48.5 Å². The maximum Gasteiger partial charge on any atom is 0.343 e. The predicted octanol–water partition coefficient (Wildman–Crippen LogP) is 3.54. The fraction of sp³-hybridized carbons (Fsp3) is 0.304. The largest absolute Gasteiger partial charge is 0.497 e. The monoisotopic (exact) mass is 454 g/mol. The highest BCUT2D eigenvalue weighted by molar-refractivity contribution is 7.19. The van der Waals surface area contributed by atoms with E-state index in [4.69, 9.17) is 9.72 Å². The number of ether oxygens (including phenoxy) is 1. The molecule has 1 aliphatic heterocycles. The Morgan fingerprint density at radius 1 is 1.06 bits per heavy atom. The third-order valence-corrected chi connectivity index (χ3v) is 6.64. The number of hydrogen-bond donors (Lipinski definition) is 2. The number of anilines is 1. The molecule has 0 radical (unpaired) electrons. The summed E-state index contributed by atoms with van der Waals surface area (Å²) in [6, 6.07) is 15.3. The number of methoxy groups -OCH3 is 1. The molecule has 0 spiro atoms. The van der Waals surface area contributed by atoms with Crippen molar-refractivity contribution in [2.45, 2.75) is 6.61 Å². The lowest BCUT2D eigenvalue weighted by Gasteiger charge is -2.35. The van der Waals surface area contributed by atoms with Crippen LogP contribution in [0.2, 0.25) is 0 Å². The molecule has 0 atom stereocenters. The molecule has 3 aromatic rings. The van der Waals surface area contributed by atoms with Crippen LogP contribution in [0.4, 0.5) is 9.93 Å². The minimum absolute atomic E-state index is 0.00554. The van der Waals surface area contributed by atoms with Gasteiger partial charge in [-0.2, -0.15) is 0 Å². The molecule has 0 unspecified atom stereocenters. The molecule has 9 heteroatoms. The molecule has 32 heavy (non-hydrogen) atoms. The molecule has 0 saturated carbocycles. The van der Waals surface area contributed by atoms with Gasteiger partial charge in [0.2, 0.25) is 0 Å². The summed E-state index contributed by atoms with van der Waals surface area (Å²) in [5, 5.41) is 20.3. The van der Waals surface area contributed by atoms with E-state index < -0.39 is 6.03 Å². The van der Waals surface area contributed by atoms with Gasteiger partial charge in [0, 0.05) is 38.8 Å². The SMILES string of the molecule is COc1ccc(-c2nc(N3CCN(C(=O)N(C)O)CC3)sc2-c2ccc(CO)cc2)cc1. The molecule has 2 aromatic carbocycles. The number of aliphatic hydroxyl groups excluding tert-OH is 1. The van der Waals surface area contributed by atoms with E-state index in [-0.39, 0.29) is 6.61 Å². The molecular formula is C23H26N4O4S. The summed E-state index contributed by atoms with van der Waals surface area (Å²) in [6.07, 6.45) is 0. The van der Waals surface area contributed by atoms with Gasteiger partial charge in [-0.25, -0.2) is 14.8 Å². The van der Waals surface area contributed by atoms with Gasteiger partial charge in [0.1, 0.15) is 5.75 Å². The maximum atomic E-state index is 12.0. The fourth-order valence-corrected chi connectivity index (χ4v) is 4.78. The van der Waals surface area contributed by atoms with Crippen molar-refractivity contribution in [1.29, 1.82) is 0 Å². The molecule has 1 saturated heterocycles. The number of hydroxylamine groups is 2. The zero-order valence-electron chi connectivity index (χ0n) is 18.1. The molecule has 1 aliphatic rings. The van der Waals surface area contributed by atoms with Crippen LogP contribution in [0.1, 0.15) is 5.56 Å². The summed E-state index contributed by atoms with van der Waals surface area (Å²) in [6.45, 7) is 2.31. The van der Waals surface area contributed by atoms with Gasteiger partial charge < -0.3 is 19.6 Å². The van der Waals surface area contributed by atoms with Crippen LogP contribution in [0.5, 0.6) is 5.75 Å². The Kier molecular flexibility index (Phi) is 6.59. The smallest absolute Gasteiger partial charge is 0.343 e. The molecule has 168 valence electrons. The van der Waals surface area contributed by atoms with Gasteiger partial charge in [-0.05, 0) is 35.4 Å².